The Balaban J connectivity index is 1.69. The lowest BCUT2D eigenvalue weighted by Crippen LogP contribution is -2.11. The summed E-state index contributed by atoms with van der Waals surface area (Å²) in [5.41, 5.74) is 2.78. The Morgan fingerprint density at radius 3 is 2.23 bits per heavy atom. The summed E-state index contributed by atoms with van der Waals surface area (Å²) in [6.45, 7) is 1.45. The molecule has 1 amide bonds. The van der Waals surface area contributed by atoms with Crippen LogP contribution in [0.3, 0.4) is 0 Å². The summed E-state index contributed by atoms with van der Waals surface area (Å²) in [5, 5.41) is 7.65. The quantitative estimate of drug-likeness (QED) is 0.590. The number of anilines is 4. The molecule has 0 atom stereocenters. The average molecular weight is 387 g/mol. The summed E-state index contributed by atoms with van der Waals surface area (Å²) >= 11 is 1.17. The zero-order chi connectivity index (χ0) is 18.6. The van der Waals surface area contributed by atoms with Crippen molar-refractivity contribution in [3.63, 3.8) is 0 Å². The molecule has 0 unspecified atom stereocenters. The Kier molecular flexibility index (Phi) is 5.24. The molecule has 3 rings (SSSR count). The minimum absolute atomic E-state index is 0.135. The van der Waals surface area contributed by atoms with E-state index in [9.17, 15) is 13.2 Å². The topological polar surface area (TPSA) is 87.3 Å². The number of hydrogen-bond acceptors (Lipinski definition) is 5. The molecule has 0 bridgehead atoms. The van der Waals surface area contributed by atoms with Crippen LogP contribution in [0.2, 0.25) is 0 Å². The second-order valence-corrected chi connectivity index (χ2v) is 8.36. The van der Waals surface area contributed by atoms with Gasteiger partial charge in [-0.05, 0) is 53.9 Å². The molecule has 0 aliphatic rings. The summed E-state index contributed by atoms with van der Waals surface area (Å²) in [5.74, 6) is -0.135. The third kappa shape index (κ3) is 4.62. The van der Waals surface area contributed by atoms with Gasteiger partial charge in [-0.25, -0.2) is 8.42 Å². The van der Waals surface area contributed by atoms with Crippen LogP contribution < -0.4 is 15.4 Å². The molecule has 0 aliphatic carbocycles. The van der Waals surface area contributed by atoms with Gasteiger partial charge in [0.15, 0.2) is 0 Å². The van der Waals surface area contributed by atoms with E-state index in [2.05, 4.69) is 15.4 Å². The summed E-state index contributed by atoms with van der Waals surface area (Å²) in [7, 11) is -3.55. The van der Waals surface area contributed by atoms with E-state index in [1.807, 2.05) is 18.2 Å². The monoisotopic (exact) mass is 387 g/mol. The van der Waals surface area contributed by atoms with Crippen LogP contribution in [0.5, 0.6) is 0 Å². The number of benzene rings is 2. The molecule has 0 saturated heterocycles. The molecule has 0 fully saturated rings. The van der Waals surface area contributed by atoms with Crippen molar-refractivity contribution in [2.45, 2.75) is 11.1 Å². The maximum Gasteiger partial charge on any atom is 0.271 e. The van der Waals surface area contributed by atoms with Gasteiger partial charge in [-0.15, -0.1) is 11.3 Å². The van der Waals surface area contributed by atoms with E-state index >= 15 is 0 Å². The molecular formula is C18H17N3O3S2. The Morgan fingerprint density at radius 1 is 0.885 bits per heavy atom. The van der Waals surface area contributed by atoms with Crippen molar-refractivity contribution in [1.29, 1.82) is 0 Å². The van der Waals surface area contributed by atoms with Gasteiger partial charge in [0.2, 0.25) is 5.91 Å². The van der Waals surface area contributed by atoms with Crippen LogP contribution in [0.1, 0.15) is 6.92 Å². The third-order valence-corrected chi connectivity index (χ3v) is 6.15. The number of hydrogen-bond donors (Lipinski definition) is 3. The van der Waals surface area contributed by atoms with Crippen LogP contribution in [0.15, 0.2) is 70.3 Å². The predicted octanol–water partition coefficient (Wildman–Crippen LogP) is 4.25. The maximum absolute atomic E-state index is 12.2. The largest absolute Gasteiger partial charge is 0.355 e. The van der Waals surface area contributed by atoms with E-state index in [-0.39, 0.29) is 10.1 Å². The van der Waals surface area contributed by atoms with Crippen LogP contribution >= 0.6 is 11.3 Å². The molecule has 2 aromatic carbocycles. The van der Waals surface area contributed by atoms with Gasteiger partial charge in [0.1, 0.15) is 4.21 Å². The molecule has 26 heavy (non-hydrogen) atoms. The zero-order valence-electron chi connectivity index (χ0n) is 13.9. The highest BCUT2D eigenvalue weighted by Crippen LogP contribution is 2.24. The Labute approximate surface area is 155 Å². The highest BCUT2D eigenvalue weighted by atomic mass is 32.2. The Hall–Kier alpha value is -2.84. The van der Waals surface area contributed by atoms with Gasteiger partial charge in [0, 0.05) is 29.7 Å². The molecule has 0 aliphatic heterocycles. The standard InChI is InChI=1S/C18H17N3O3S2/c1-13(22)19-16-4-2-5-17(12-16)20-14-7-9-15(10-8-14)21-26(23,24)18-6-3-11-25-18/h2-12,20-21H,1H3,(H,19,22). The number of thiophene rings is 1. The highest BCUT2D eigenvalue weighted by molar-refractivity contribution is 7.94. The minimum atomic E-state index is -3.55. The van der Waals surface area contributed by atoms with E-state index in [0.29, 0.717) is 11.4 Å². The minimum Gasteiger partial charge on any atom is -0.355 e. The molecule has 6 nitrogen and oxygen atoms in total. The number of sulfonamides is 1. The van der Waals surface area contributed by atoms with Crippen LogP contribution in [0, 0.1) is 0 Å². The molecule has 0 radical (unpaired) electrons. The fraction of sp³-hybridized carbons (Fsp3) is 0.0556. The molecule has 3 N–H and O–H groups in total. The molecule has 0 spiro atoms. The van der Waals surface area contributed by atoms with E-state index < -0.39 is 10.0 Å². The lowest BCUT2D eigenvalue weighted by Gasteiger charge is -2.10. The molecular weight excluding hydrogens is 370 g/mol. The van der Waals surface area contributed by atoms with Crippen molar-refractivity contribution in [3.05, 3.63) is 66.0 Å². The second kappa shape index (κ2) is 7.59. The maximum atomic E-state index is 12.2. The Bertz CT molecular complexity index is 998. The Morgan fingerprint density at radius 2 is 1.58 bits per heavy atom. The van der Waals surface area contributed by atoms with Crippen molar-refractivity contribution < 1.29 is 13.2 Å². The first kappa shape index (κ1) is 18.0. The number of carbonyl (C=O) groups is 1. The van der Waals surface area contributed by atoms with Gasteiger partial charge in [-0.3, -0.25) is 9.52 Å². The van der Waals surface area contributed by atoms with Gasteiger partial charge in [0.05, 0.1) is 0 Å². The first-order valence-corrected chi connectivity index (χ1v) is 10.1. The van der Waals surface area contributed by atoms with Crippen molar-refractivity contribution in [2.24, 2.45) is 0 Å². The van der Waals surface area contributed by atoms with E-state index in [4.69, 9.17) is 0 Å². The second-order valence-electron chi connectivity index (χ2n) is 5.50. The van der Waals surface area contributed by atoms with Crippen molar-refractivity contribution >= 4 is 50.0 Å². The van der Waals surface area contributed by atoms with Gasteiger partial charge < -0.3 is 10.6 Å². The molecule has 3 aromatic rings. The number of nitrogens with one attached hydrogen (secondary N) is 3. The fourth-order valence-electron chi connectivity index (χ4n) is 2.29. The van der Waals surface area contributed by atoms with Crippen LogP contribution in [0.25, 0.3) is 0 Å². The van der Waals surface area contributed by atoms with Gasteiger partial charge >= 0.3 is 0 Å². The highest BCUT2D eigenvalue weighted by Gasteiger charge is 2.14. The van der Waals surface area contributed by atoms with Crippen LogP contribution in [0.4, 0.5) is 22.7 Å². The first-order chi connectivity index (χ1) is 12.4. The number of carbonyl (C=O) groups excluding carboxylic acids is 1. The molecule has 1 aromatic heterocycles. The van der Waals surface area contributed by atoms with Gasteiger partial charge in [-0.1, -0.05) is 12.1 Å². The predicted molar refractivity (Wildman–Crippen MR) is 106 cm³/mol. The van der Waals surface area contributed by atoms with Crippen LogP contribution in [-0.4, -0.2) is 14.3 Å². The van der Waals surface area contributed by atoms with Gasteiger partial charge in [-0.2, -0.15) is 0 Å². The van der Waals surface area contributed by atoms with E-state index in [1.165, 1.54) is 18.3 Å². The summed E-state index contributed by atoms with van der Waals surface area (Å²) in [4.78, 5) is 11.1. The molecule has 0 saturated carbocycles. The molecule has 134 valence electrons. The fourth-order valence-corrected chi connectivity index (χ4v) is 4.34. The number of rotatable bonds is 6. The van der Waals surface area contributed by atoms with Crippen molar-refractivity contribution in [2.75, 3.05) is 15.4 Å². The lowest BCUT2D eigenvalue weighted by molar-refractivity contribution is -0.114. The SMILES string of the molecule is CC(=O)Nc1cccc(Nc2ccc(NS(=O)(=O)c3cccs3)cc2)c1. The van der Waals surface area contributed by atoms with E-state index in [1.54, 1.807) is 47.8 Å². The average Bonchev–Trinajstić information content (AvgIpc) is 3.12. The van der Waals surface area contributed by atoms with Crippen LogP contribution in [-0.2, 0) is 14.8 Å². The molecule has 8 heteroatoms. The lowest BCUT2D eigenvalue weighted by atomic mass is 10.2. The summed E-state index contributed by atoms with van der Waals surface area (Å²) in [6.07, 6.45) is 0. The first-order valence-electron chi connectivity index (χ1n) is 7.73. The summed E-state index contributed by atoms with van der Waals surface area (Å²) < 4.78 is 27.2. The van der Waals surface area contributed by atoms with Crippen molar-refractivity contribution in [3.8, 4) is 0 Å². The molecule has 1 heterocycles. The van der Waals surface area contributed by atoms with E-state index in [0.717, 1.165) is 11.4 Å². The normalized spacial score (nSPS) is 11.0. The zero-order valence-corrected chi connectivity index (χ0v) is 15.5. The smallest absolute Gasteiger partial charge is 0.271 e. The van der Waals surface area contributed by atoms with Gasteiger partial charge in [0.25, 0.3) is 10.0 Å². The third-order valence-electron chi connectivity index (χ3n) is 3.37. The number of amides is 1. The van der Waals surface area contributed by atoms with Crippen molar-refractivity contribution in [1.82, 2.24) is 0 Å². The summed E-state index contributed by atoms with van der Waals surface area (Å²) in [6, 6.07) is 17.5.